The average Bonchev–Trinajstić information content (AvgIpc) is 2.95. The highest BCUT2D eigenvalue weighted by atomic mass is 16.6. The Morgan fingerprint density at radius 3 is 2.77 bits per heavy atom. The van der Waals surface area contributed by atoms with Crippen molar-refractivity contribution in [2.45, 2.75) is 38.8 Å². The zero-order valence-electron chi connectivity index (χ0n) is 22.9. The molecule has 202 valence electrons. The number of hydrogen-bond acceptors (Lipinski definition) is 7. The molecular formula is C32H31N5O3. The molecule has 4 aromatic rings. The maximum Gasteiger partial charge on any atom is 0.410 e. The molecule has 0 radical (unpaired) electrons. The first-order chi connectivity index (χ1) is 19.3. The highest BCUT2D eigenvalue weighted by molar-refractivity contribution is 6.06. The summed E-state index contributed by atoms with van der Waals surface area (Å²) in [5.74, 6) is 1.50. The Labute approximate surface area is 233 Å². The SMILES string of the molecule is CC(C)(C)OC(=O)N1CCN(c2ncnc3cc(-c4cccc5ccccc45)c4c(c23)OCC=C4)C[C@@H]1CC#N. The summed E-state index contributed by atoms with van der Waals surface area (Å²) in [7, 11) is 0. The zero-order chi connectivity index (χ0) is 27.9. The van der Waals surface area contributed by atoms with Crippen LogP contribution in [0.3, 0.4) is 0 Å². The van der Waals surface area contributed by atoms with Gasteiger partial charge in [-0.2, -0.15) is 5.26 Å². The average molecular weight is 534 g/mol. The number of amides is 1. The molecule has 3 aromatic carbocycles. The number of nitrogens with zero attached hydrogens (tertiary/aromatic N) is 5. The molecule has 2 aliphatic heterocycles. The zero-order valence-corrected chi connectivity index (χ0v) is 22.9. The number of carbonyl (C=O) groups is 1. The van der Waals surface area contributed by atoms with Gasteiger partial charge in [0.05, 0.1) is 29.4 Å². The van der Waals surface area contributed by atoms with Crippen molar-refractivity contribution in [2.75, 3.05) is 31.1 Å². The molecule has 1 saturated heterocycles. The third-order valence-corrected chi connectivity index (χ3v) is 7.32. The molecule has 1 atom stereocenters. The van der Waals surface area contributed by atoms with E-state index in [0.29, 0.717) is 26.2 Å². The fourth-order valence-corrected chi connectivity index (χ4v) is 5.61. The summed E-state index contributed by atoms with van der Waals surface area (Å²) in [5.41, 5.74) is 3.34. The first kappa shape index (κ1) is 25.6. The molecule has 1 fully saturated rings. The van der Waals surface area contributed by atoms with Crippen molar-refractivity contribution >= 4 is 39.7 Å². The third-order valence-electron chi connectivity index (χ3n) is 7.32. The van der Waals surface area contributed by atoms with Crippen LogP contribution in [0.5, 0.6) is 5.75 Å². The largest absolute Gasteiger partial charge is 0.488 e. The molecule has 1 amide bonds. The molecule has 8 nitrogen and oxygen atoms in total. The first-order valence-electron chi connectivity index (χ1n) is 13.5. The minimum Gasteiger partial charge on any atom is -0.488 e. The predicted molar refractivity (Wildman–Crippen MR) is 156 cm³/mol. The topological polar surface area (TPSA) is 91.6 Å². The van der Waals surface area contributed by atoms with E-state index in [1.54, 1.807) is 11.2 Å². The van der Waals surface area contributed by atoms with E-state index >= 15 is 0 Å². The lowest BCUT2D eigenvalue weighted by Crippen LogP contribution is -2.56. The van der Waals surface area contributed by atoms with Gasteiger partial charge in [0.2, 0.25) is 0 Å². The van der Waals surface area contributed by atoms with Gasteiger partial charge in [-0.25, -0.2) is 14.8 Å². The van der Waals surface area contributed by atoms with Gasteiger partial charge in [0.1, 0.15) is 30.1 Å². The van der Waals surface area contributed by atoms with Gasteiger partial charge in [-0.15, -0.1) is 0 Å². The molecule has 0 spiro atoms. The summed E-state index contributed by atoms with van der Waals surface area (Å²) < 4.78 is 11.9. The van der Waals surface area contributed by atoms with E-state index in [2.05, 4.69) is 64.5 Å². The lowest BCUT2D eigenvalue weighted by Gasteiger charge is -2.41. The van der Waals surface area contributed by atoms with E-state index in [-0.39, 0.29) is 12.5 Å². The van der Waals surface area contributed by atoms with Crippen LogP contribution in [-0.4, -0.2) is 58.8 Å². The highest BCUT2D eigenvalue weighted by Gasteiger charge is 2.35. The summed E-state index contributed by atoms with van der Waals surface area (Å²) in [4.78, 5) is 26.1. The van der Waals surface area contributed by atoms with Crippen LogP contribution in [0.1, 0.15) is 32.8 Å². The number of hydrogen-bond donors (Lipinski definition) is 0. The van der Waals surface area contributed by atoms with E-state index < -0.39 is 11.7 Å². The third kappa shape index (κ3) is 4.68. The van der Waals surface area contributed by atoms with Crippen molar-refractivity contribution < 1.29 is 14.3 Å². The van der Waals surface area contributed by atoms with Gasteiger partial charge in [-0.3, -0.25) is 0 Å². The van der Waals surface area contributed by atoms with Gasteiger partial charge >= 0.3 is 6.09 Å². The minimum atomic E-state index is -0.611. The Balaban J connectivity index is 1.44. The number of benzene rings is 3. The lowest BCUT2D eigenvalue weighted by molar-refractivity contribution is 0.0145. The molecule has 40 heavy (non-hydrogen) atoms. The summed E-state index contributed by atoms with van der Waals surface area (Å²) in [5, 5.41) is 12.7. The molecule has 1 aromatic heterocycles. The number of fused-ring (bicyclic) bond motifs is 4. The van der Waals surface area contributed by atoms with Crippen LogP contribution in [0.4, 0.5) is 10.6 Å². The number of anilines is 1. The van der Waals surface area contributed by atoms with Crippen LogP contribution < -0.4 is 9.64 Å². The van der Waals surface area contributed by atoms with E-state index in [0.717, 1.165) is 44.5 Å². The van der Waals surface area contributed by atoms with Crippen LogP contribution in [0.15, 0.2) is 60.9 Å². The fraction of sp³-hybridized carbons (Fsp3) is 0.312. The van der Waals surface area contributed by atoms with Gasteiger partial charge in [0.25, 0.3) is 0 Å². The van der Waals surface area contributed by atoms with E-state index in [4.69, 9.17) is 14.5 Å². The Kier molecular flexibility index (Phi) is 6.51. The second kappa shape index (κ2) is 10.2. The van der Waals surface area contributed by atoms with E-state index in [1.807, 2.05) is 32.9 Å². The van der Waals surface area contributed by atoms with Crippen LogP contribution in [-0.2, 0) is 4.74 Å². The molecule has 0 saturated carbocycles. The fourth-order valence-electron chi connectivity index (χ4n) is 5.61. The molecule has 0 bridgehead atoms. The lowest BCUT2D eigenvalue weighted by atomic mass is 9.91. The van der Waals surface area contributed by atoms with Gasteiger partial charge in [-0.1, -0.05) is 48.5 Å². The van der Waals surface area contributed by atoms with Crippen molar-refractivity contribution in [3.63, 3.8) is 0 Å². The molecule has 0 unspecified atom stereocenters. The summed E-state index contributed by atoms with van der Waals surface area (Å²) >= 11 is 0. The van der Waals surface area contributed by atoms with Gasteiger partial charge in [-0.05, 0) is 54.8 Å². The Hall–Kier alpha value is -4.64. The first-order valence-corrected chi connectivity index (χ1v) is 13.5. The normalized spacial score (nSPS) is 16.9. The summed E-state index contributed by atoms with van der Waals surface area (Å²) in [6, 6.07) is 18.7. The quantitative estimate of drug-likeness (QED) is 0.310. The maximum absolute atomic E-state index is 12.9. The monoisotopic (exact) mass is 533 g/mol. The molecular weight excluding hydrogens is 502 g/mol. The number of carbonyl (C=O) groups excluding carboxylic acids is 1. The van der Waals surface area contributed by atoms with Crippen LogP contribution >= 0.6 is 0 Å². The van der Waals surface area contributed by atoms with Gasteiger partial charge in [0.15, 0.2) is 0 Å². The van der Waals surface area contributed by atoms with Crippen LogP contribution in [0.25, 0.3) is 38.9 Å². The molecule has 3 heterocycles. The predicted octanol–water partition coefficient (Wildman–Crippen LogP) is 6.19. The smallest absolute Gasteiger partial charge is 0.410 e. The summed E-state index contributed by atoms with van der Waals surface area (Å²) in [6.45, 7) is 7.41. The van der Waals surface area contributed by atoms with Gasteiger partial charge in [0, 0.05) is 25.2 Å². The number of nitriles is 1. The van der Waals surface area contributed by atoms with Crippen molar-refractivity contribution in [2.24, 2.45) is 0 Å². The van der Waals surface area contributed by atoms with Crippen molar-refractivity contribution in [1.29, 1.82) is 5.26 Å². The van der Waals surface area contributed by atoms with Crippen molar-refractivity contribution in [3.8, 4) is 22.9 Å². The Morgan fingerprint density at radius 1 is 1.12 bits per heavy atom. The number of ether oxygens (including phenoxy) is 2. The van der Waals surface area contributed by atoms with Crippen LogP contribution in [0.2, 0.25) is 0 Å². The maximum atomic E-state index is 12.9. The highest BCUT2D eigenvalue weighted by Crippen LogP contribution is 2.44. The molecule has 0 N–H and O–H groups in total. The summed E-state index contributed by atoms with van der Waals surface area (Å²) in [6.07, 6.45) is 5.52. The van der Waals surface area contributed by atoms with Crippen molar-refractivity contribution in [1.82, 2.24) is 14.9 Å². The number of rotatable bonds is 3. The Bertz CT molecular complexity index is 1680. The van der Waals surface area contributed by atoms with E-state index in [9.17, 15) is 10.1 Å². The number of aromatic nitrogens is 2. The molecule has 8 heteroatoms. The van der Waals surface area contributed by atoms with Crippen molar-refractivity contribution in [3.05, 3.63) is 66.5 Å². The van der Waals surface area contributed by atoms with Crippen LogP contribution in [0, 0.1) is 11.3 Å². The Morgan fingerprint density at radius 2 is 1.95 bits per heavy atom. The van der Waals surface area contributed by atoms with E-state index in [1.165, 1.54) is 5.39 Å². The minimum absolute atomic E-state index is 0.196. The standard InChI is InChI=1S/C32H31N5O3/c1-32(2,3)40-31(38)37-16-15-36(19-22(37)13-14-33)30-28-27(34-20-35-30)18-26(25-12-7-17-39-29(25)28)24-11-6-9-21-8-4-5-10-23(21)24/h4-12,18,20,22H,13,15-17,19H2,1-3H3/t22-/m0/s1. The molecule has 0 aliphatic carbocycles. The molecule has 6 rings (SSSR count). The molecule has 2 aliphatic rings. The second-order valence-corrected chi connectivity index (χ2v) is 11.1. The second-order valence-electron chi connectivity index (χ2n) is 11.1. The van der Waals surface area contributed by atoms with Gasteiger partial charge < -0.3 is 19.3 Å². The number of piperazine rings is 1.